The standard InChI is InChI=1S/C32H32N2O6/c1-37-28-16-14-22(20-29(28)38-2)18-19-33-32(36)34-25-15-17-27(26(21-25)31(35)39-3)40-30(23-10-6-4-7-11-23)24-12-8-5-9-13-24/h4-17,20-21,30H,18-19H2,1-3H3,(H2,33,34,36). The Kier molecular flexibility index (Phi) is 9.61. The molecule has 0 bridgehead atoms. The van der Waals surface area contributed by atoms with E-state index in [9.17, 15) is 9.59 Å². The molecule has 8 heteroatoms. The summed E-state index contributed by atoms with van der Waals surface area (Å²) in [7, 11) is 4.47. The highest BCUT2D eigenvalue weighted by Crippen LogP contribution is 2.32. The lowest BCUT2D eigenvalue weighted by molar-refractivity contribution is 0.0594. The molecule has 0 spiro atoms. The second-order valence-electron chi connectivity index (χ2n) is 8.84. The topological polar surface area (TPSA) is 95.1 Å². The number of carbonyl (C=O) groups excluding carboxylic acids is 2. The molecule has 8 nitrogen and oxygen atoms in total. The first-order valence-corrected chi connectivity index (χ1v) is 12.8. The number of hydrogen-bond donors (Lipinski definition) is 2. The number of amides is 2. The number of hydrogen-bond acceptors (Lipinski definition) is 6. The molecule has 2 amide bonds. The van der Waals surface area contributed by atoms with Crippen LogP contribution in [-0.2, 0) is 11.2 Å². The molecule has 2 N–H and O–H groups in total. The first-order valence-electron chi connectivity index (χ1n) is 12.8. The summed E-state index contributed by atoms with van der Waals surface area (Å²) < 4.78 is 22.0. The Labute approximate surface area is 233 Å². The van der Waals surface area contributed by atoms with Gasteiger partial charge in [0.2, 0.25) is 0 Å². The predicted octanol–water partition coefficient (Wildman–Crippen LogP) is 6.02. The van der Waals surface area contributed by atoms with Gasteiger partial charge in [0.25, 0.3) is 0 Å². The number of ether oxygens (including phenoxy) is 4. The van der Waals surface area contributed by atoms with Crippen LogP contribution in [0.4, 0.5) is 10.5 Å². The molecule has 0 heterocycles. The van der Waals surface area contributed by atoms with Crippen molar-refractivity contribution in [3.05, 3.63) is 119 Å². The number of carbonyl (C=O) groups is 2. The van der Waals surface area contributed by atoms with E-state index in [1.807, 2.05) is 78.9 Å². The van der Waals surface area contributed by atoms with Crippen molar-refractivity contribution in [1.82, 2.24) is 5.32 Å². The minimum absolute atomic E-state index is 0.197. The number of urea groups is 1. The monoisotopic (exact) mass is 540 g/mol. The maximum atomic E-state index is 12.7. The fourth-order valence-corrected chi connectivity index (χ4v) is 4.22. The third-order valence-electron chi connectivity index (χ3n) is 6.24. The van der Waals surface area contributed by atoms with E-state index in [2.05, 4.69) is 10.6 Å². The van der Waals surface area contributed by atoms with Gasteiger partial charge in [0.1, 0.15) is 17.4 Å². The summed E-state index contributed by atoms with van der Waals surface area (Å²) in [5.41, 5.74) is 3.47. The van der Waals surface area contributed by atoms with Crippen molar-refractivity contribution in [1.29, 1.82) is 0 Å². The number of esters is 1. The summed E-state index contributed by atoms with van der Waals surface area (Å²) in [5.74, 6) is 1.03. The molecular weight excluding hydrogens is 508 g/mol. The van der Waals surface area contributed by atoms with E-state index < -0.39 is 18.1 Å². The summed E-state index contributed by atoms with van der Waals surface area (Å²) in [6.45, 7) is 0.391. The molecule has 4 aromatic carbocycles. The first kappa shape index (κ1) is 28.0. The van der Waals surface area contributed by atoms with Crippen molar-refractivity contribution < 1.29 is 28.5 Å². The van der Waals surface area contributed by atoms with Gasteiger partial charge in [-0.15, -0.1) is 0 Å². The highest BCUT2D eigenvalue weighted by molar-refractivity contribution is 5.96. The van der Waals surface area contributed by atoms with Crippen LogP contribution in [0.15, 0.2) is 97.1 Å². The zero-order valence-corrected chi connectivity index (χ0v) is 22.7. The Morgan fingerprint density at radius 3 is 1.95 bits per heavy atom. The molecule has 0 aliphatic carbocycles. The van der Waals surface area contributed by atoms with Crippen molar-refractivity contribution in [3.8, 4) is 17.2 Å². The van der Waals surface area contributed by atoms with E-state index >= 15 is 0 Å². The van der Waals surface area contributed by atoms with E-state index in [-0.39, 0.29) is 5.56 Å². The van der Waals surface area contributed by atoms with Gasteiger partial charge < -0.3 is 29.6 Å². The number of methoxy groups -OCH3 is 3. The SMILES string of the molecule is COC(=O)c1cc(NC(=O)NCCc2ccc(OC)c(OC)c2)ccc1OC(c1ccccc1)c1ccccc1. The molecule has 0 atom stereocenters. The second-order valence-corrected chi connectivity index (χ2v) is 8.84. The van der Waals surface area contributed by atoms with Crippen molar-refractivity contribution in [2.24, 2.45) is 0 Å². The maximum Gasteiger partial charge on any atom is 0.341 e. The van der Waals surface area contributed by atoms with Gasteiger partial charge in [-0.1, -0.05) is 66.7 Å². The van der Waals surface area contributed by atoms with Gasteiger partial charge in [-0.25, -0.2) is 9.59 Å². The van der Waals surface area contributed by atoms with E-state index in [0.29, 0.717) is 35.9 Å². The Morgan fingerprint density at radius 2 is 1.35 bits per heavy atom. The number of benzene rings is 4. The van der Waals surface area contributed by atoms with Crippen LogP contribution in [0, 0.1) is 0 Å². The van der Waals surface area contributed by atoms with Crippen LogP contribution in [0.5, 0.6) is 17.2 Å². The zero-order chi connectivity index (χ0) is 28.3. The van der Waals surface area contributed by atoms with E-state index in [1.54, 1.807) is 32.4 Å². The third-order valence-corrected chi connectivity index (χ3v) is 6.24. The minimum Gasteiger partial charge on any atom is -0.493 e. The molecular formula is C32H32N2O6. The number of nitrogens with one attached hydrogen (secondary N) is 2. The molecule has 206 valence electrons. The molecule has 0 saturated heterocycles. The molecule has 0 unspecified atom stereocenters. The minimum atomic E-state index is -0.576. The summed E-state index contributed by atoms with van der Waals surface area (Å²) in [4.78, 5) is 25.3. The number of rotatable bonds is 11. The highest BCUT2D eigenvalue weighted by Gasteiger charge is 2.21. The second kappa shape index (κ2) is 13.7. The maximum absolute atomic E-state index is 12.7. The summed E-state index contributed by atoms with van der Waals surface area (Å²) >= 11 is 0. The largest absolute Gasteiger partial charge is 0.493 e. The van der Waals surface area contributed by atoms with Gasteiger partial charge >= 0.3 is 12.0 Å². The molecule has 0 saturated carbocycles. The molecule has 0 radical (unpaired) electrons. The Hall–Kier alpha value is -4.98. The lowest BCUT2D eigenvalue weighted by Crippen LogP contribution is -2.30. The molecule has 0 aliphatic heterocycles. The fourth-order valence-electron chi connectivity index (χ4n) is 4.22. The van der Waals surface area contributed by atoms with Gasteiger partial charge in [0.05, 0.1) is 21.3 Å². The summed E-state index contributed by atoms with van der Waals surface area (Å²) in [5, 5.41) is 5.60. The van der Waals surface area contributed by atoms with E-state index in [4.69, 9.17) is 18.9 Å². The fraction of sp³-hybridized carbons (Fsp3) is 0.188. The van der Waals surface area contributed by atoms with Crippen LogP contribution in [-0.4, -0.2) is 39.9 Å². The van der Waals surface area contributed by atoms with Crippen LogP contribution in [0.25, 0.3) is 0 Å². The van der Waals surface area contributed by atoms with Gasteiger partial charge in [0, 0.05) is 12.2 Å². The summed E-state index contributed by atoms with van der Waals surface area (Å²) in [6.07, 6.45) is 0.137. The van der Waals surface area contributed by atoms with Crippen LogP contribution in [0.3, 0.4) is 0 Å². The highest BCUT2D eigenvalue weighted by atomic mass is 16.5. The molecule has 0 fully saturated rings. The Bertz CT molecular complexity index is 1390. The Balaban J connectivity index is 1.46. The van der Waals surface area contributed by atoms with Crippen LogP contribution >= 0.6 is 0 Å². The van der Waals surface area contributed by atoms with E-state index in [0.717, 1.165) is 16.7 Å². The molecule has 40 heavy (non-hydrogen) atoms. The average Bonchev–Trinajstić information content (AvgIpc) is 3.00. The molecule has 4 aromatic rings. The normalized spacial score (nSPS) is 10.5. The third kappa shape index (κ3) is 7.11. The predicted molar refractivity (Wildman–Crippen MR) is 153 cm³/mol. The lowest BCUT2D eigenvalue weighted by Gasteiger charge is -2.22. The molecule has 0 aromatic heterocycles. The zero-order valence-electron chi connectivity index (χ0n) is 22.7. The van der Waals surface area contributed by atoms with Crippen LogP contribution < -0.4 is 24.8 Å². The van der Waals surface area contributed by atoms with Crippen molar-refractivity contribution in [3.63, 3.8) is 0 Å². The van der Waals surface area contributed by atoms with Crippen LogP contribution in [0.2, 0.25) is 0 Å². The molecule has 0 aliphatic rings. The first-order chi connectivity index (χ1) is 19.5. The van der Waals surface area contributed by atoms with Gasteiger partial charge in [0.15, 0.2) is 11.5 Å². The van der Waals surface area contributed by atoms with Crippen molar-refractivity contribution in [2.45, 2.75) is 12.5 Å². The molecule has 4 rings (SSSR count). The van der Waals surface area contributed by atoms with Crippen LogP contribution in [0.1, 0.15) is 33.2 Å². The lowest BCUT2D eigenvalue weighted by atomic mass is 10.0. The van der Waals surface area contributed by atoms with Crippen molar-refractivity contribution in [2.75, 3.05) is 33.2 Å². The van der Waals surface area contributed by atoms with Gasteiger partial charge in [-0.2, -0.15) is 0 Å². The van der Waals surface area contributed by atoms with Gasteiger partial charge in [-0.05, 0) is 53.4 Å². The van der Waals surface area contributed by atoms with Gasteiger partial charge in [-0.3, -0.25) is 0 Å². The van der Waals surface area contributed by atoms with E-state index in [1.165, 1.54) is 7.11 Å². The summed E-state index contributed by atoms with van der Waals surface area (Å²) in [6, 6.07) is 29.6. The van der Waals surface area contributed by atoms with Crippen molar-refractivity contribution >= 4 is 17.7 Å². The smallest absolute Gasteiger partial charge is 0.341 e. The number of anilines is 1. The average molecular weight is 541 g/mol. The Morgan fingerprint density at radius 1 is 0.725 bits per heavy atom. The quantitative estimate of drug-likeness (QED) is 0.226.